The van der Waals surface area contributed by atoms with Gasteiger partial charge in [0.05, 0.1) is 0 Å². The van der Waals surface area contributed by atoms with Crippen molar-refractivity contribution in [2.45, 2.75) is 33.1 Å². The lowest BCUT2D eigenvalue weighted by molar-refractivity contribution is 0.454. The molecule has 1 heteroatoms. The van der Waals surface area contributed by atoms with E-state index in [9.17, 15) is 5.11 Å². The molecule has 0 saturated heterocycles. The van der Waals surface area contributed by atoms with Crippen LogP contribution in [0, 0.1) is 13.8 Å². The summed E-state index contributed by atoms with van der Waals surface area (Å²) in [7, 11) is 0. The Balaban J connectivity index is 3.47. The first-order valence-electron chi connectivity index (χ1n) is 4.83. The van der Waals surface area contributed by atoms with Crippen LogP contribution in [0.25, 0.3) is 0 Å². The van der Waals surface area contributed by atoms with Gasteiger partial charge < -0.3 is 5.11 Å². The average Bonchev–Trinajstić information content (AvgIpc) is 2.12. The normalized spacial score (nSPS) is 11.4. The molecule has 0 aromatic heterocycles. The van der Waals surface area contributed by atoms with Crippen LogP contribution >= 0.6 is 0 Å². The van der Waals surface area contributed by atoms with Gasteiger partial charge in [-0.05, 0) is 31.0 Å². The molecule has 0 radical (unpaired) electrons. The van der Waals surface area contributed by atoms with Gasteiger partial charge in [0.15, 0.2) is 0 Å². The number of phenols is 1. The maximum Gasteiger partial charge on any atom is 0.119 e. The van der Waals surface area contributed by atoms with Crippen molar-refractivity contribution in [3.63, 3.8) is 0 Å². The van der Waals surface area contributed by atoms with Crippen molar-refractivity contribution >= 4 is 0 Å². The summed E-state index contributed by atoms with van der Waals surface area (Å²) in [5.41, 5.74) is 3.15. The van der Waals surface area contributed by atoms with E-state index >= 15 is 0 Å². The van der Waals surface area contributed by atoms with Crippen molar-refractivity contribution < 1.29 is 5.11 Å². The third-order valence-electron chi connectivity index (χ3n) is 2.87. The van der Waals surface area contributed by atoms with Crippen molar-refractivity contribution in [1.29, 1.82) is 0 Å². The first kappa shape index (κ1) is 10.8. The van der Waals surface area contributed by atoms with Gasteiger partial charge in [-0.25, -0.2) is 0 Å². The maximum atomic E-state index is 9.83. The second-order valence-electron chi connectivity index (χ2n) is 4.33. The van der Waals surface area contributed by atoms with Gasteiger partial charge in [-0.3, -0.25) is 0 Å². The molecule has 1 N–H and O–H groups in total. The van der Waals surface area contributed by atoms with Crippen LogP contribution < -0.4 is 0 Å². The minimum atomic E-state index is -0.180. The van der Waals surface area contributed by atoms with Crippen LogP contribution in [0.2, 0.25) is 0 Å². The van der Waals surface area contributed by atoms with E-state index in [0.717, 1.165) is 11.1 Å². The van der Waals surface area contributed by atoms with Crippen molar-refractivity contribution in [3.8, 4) is 5.75 Å². The Morgan fingerprint density at radius 2 is 1.86 bits per heavy atom. The number of hydrogen-bond donors (Lipinski definition) is 1. The van der Waals surface area contributed by atoms with E-state index in [2.05, 4.69) is 27.4 Å². The molecule has 14 heavy (non-hydrogen) atoms. The van der Waals surface area contributed by atoms with E-state index in [-0.39, 0.29) is 5.41 Å². The van der Waals surface area contributed by atoms with Crippen LogP contribution in [0.1, 0.15) is 30.5 Å². The molecular formula is C13H18O. The lowest BCUT2D eigenvalue weighted by Gasteiger charge is -2.25. The van der Waals surface area contributed by atoms with E-state index < -0.39 is 0 Å². The number of rotatable bonds is 2. The second kappa shape index (κ2) is 3.49. The molecule has 0 spiro atoms. The highest BCUT2D eigenvalue weighted by Crippen LogP contribution is 2.35. The molecule has 1 aromatic carbocycles. The summed E-state index contributed by atoms with van der Waals surface area (Å²) in [5, 5.41) is 9.83. The number of allylic oxidation sites excluding steroid dienone is 1. The van der Waals surface area contributed by atoms with Gasteiger partial charge in [0.1, 0.15) is 5.75 Å². The van der Waals surface area contributed by atoms with Crippen LogP contribution in [0.4, 0.5) is 0 Å². The first-order valence-corrected chi connectivity index (χ1v) is 4.83. The van der Waals surface area contributed by atoms with E-state index in [0.29, 0.717) is 5.75 Å². The Morgan fingerprint density at radius 1 is 1.29 bits per heavy atom. The Hall–Kier alpha value is -1.24. The zero-order valence-electron chi connectivity index (χ0n) is 9.39. The number of aryl methyl sites for hydroxylation is 1. The summed E-state index contributed by atoms with van der Waals surface area (Å²) < 4.78 is 0. The third kappa shape index (κ3) is 1.67. The van der Waals surface area contributed by atoms with E-state index in [1.54, 1.807) is 6.07 Å². The Bertz CT molecular complexity index is 362. The standard InChI is InChI=1S/C13H18O/c1-6-13(4,5)12-10(3)9(2)7-8-11(12)14/h6-8,14H,1H2,2-5H3. The lowest BCUT2D eigenvalue weighted by Crippen LogP contribution is -2.15. The molecular weight excluding hydrogens is 172 g/mol. The number of phenolic OH excluding ortho intramolecular Hbond substituents is 1. The van der Waals surface area contributed by atoms with Crippen LogP contribution in [0.15, 0.2) is 24.8 Å². The highest BCUT2D eigenvalue weighted by Gasteiger charge is 2.22. The highest BCUT2D eigenvalue weighted by molar-refractivity contribution is 5.49. The van der Waals surface area contributed by atoms with E-state index in [1.807, 2.05) is 19.1 Å². The SMILES string of the molecule is C=CC(C)(C)c1c(O)ccc(C)c1C. The molecule has 0 bridgehead atoms. The van der Waals surface area contributed by atoms with Crippen LogP contribution in [-0.2, 0) is 5.41 Å². The molecule has 0 amide bonds. The topological polar surface area (TPSA) is 20.2 Å². The van der Waals surface area contributed by atoms with Gasteiger partial charge in [-0.1, -0.05) is 26.0 Å². The zero-order valence-corrected chi connectivity index (χ0v) is 9.39. The number of aromatic hydroxyl groups is 1. The van der Waals surface area contributed by atoms with Crippen molar-refractivity contribution in [1.82, 2.24) is 0 Å². The van der Waals surface area contributed by atoms with E-state index in [1.165, 1.54) is 5.56 Å². The summed E-state index contributed by atoms with van der Waals surface area (Å²) in [5.74, 6) is 0.359. The lowest BCUT2D eigenvalue weighted by atomic mass is 9.80. The van der Waals surface area contributed by atoms with Gasteiger partial charge >= 0.3 is 0 Å². The Morgan fingerprint density at radius 3 is 2.36 bits per heavy atom. The van der Waals surface area contributed by atoms with Gasteiger partial charge in [0.25, 0.3) is 0 Å². The predicted molar refractivity (Wildman–Crippen MR) is 60.8 cm³/mol. The Labute approximate surface area is 86.1 Å². The first-order chi connectivity index (χ1) is 6.40. The van der Waals surface area contributed by atoms with Gasteiger partial charge in [0, 0.05) is 11.0 Å². The van der Waals surface area contributed by atoms with Gasteiger partial charge in [0.2, 0.25) is 0 Å². The maximum absolute atomic E-state index is 9.83. The summed E-state index contributed by atoms with van der Waals surface area (Å²) in [6.45, 7) is 12.0. The fourth-order valence-electron chi connectivity index (χ4n) is 1.72. The van der Waals surface area contributed by atoms with Gasteiger partial charge in [-0.15, -0.1) is 6.58 Å². The summed E-state index contributed by atoms with van der Waals surface area (Å²) in [4.78, 5) is 0. The minimum absolute atomic E-state index is 0.180. The molecule has 0 saturated carbocycles. The molecule has 1 nitrogen and oxygen atoms in total. The number of hydrogen-bond acceptors (Lipinski definition) is 1. The van der Waals surface area contributed by atoms with Crippen molar-refractivity contribution in [2.75, 3.05) is 0 Å². The fraction of sp³-hybridized carbons (Fsp3) is 0.385. The fourth-order valence-corrected chi connectivity index (χ4v) is 1.72. The molecule has 1 rings (SSSR count). The Kier molecular flexibility index (Phi) is 2.70. The van der Waals surface area contributed by atoms with Crippen molar-refractivity contribution in [2.24, 2.45) is 0 Å². The largest absolute Gasteiger partial charge is 0.508 e. The third-order valence-corrected chi connectivity index (χ3v) is 2.87. The van der Waals surface area contributed by atoms with Gasteiger partial charge in [-0.2, -0.15) is 0 Å². The second-order valence-corrected chi connectivity index (χ2v) is 4.33. The number of benzene rings is 1. The monoisotopic (exact) mass is 190 g/mol. The van der Waals surface area contributed by atoms with Crippen LogP contribution in [0.5, 0.6) is 5.75 Å². The molecule has 0 aliphatic carbocycles. The minimum Gasteiger partial charge on any atom is -0.508 e. The molecule has 0 aliphatic heterocycles. The summed E-state index contributed by atoms with van der Waals surface area (Å²) in [6, 6.07) is 3.69. The van der Waals surface area contributed by atoms with Crippen LogP contribution in [-0.4, -0.2) is 5.11 Å². The molecule has 76 valence electrons. The molecule has 0 fully saturated rings. The molecule has 0 atom stereocenters. The van der Waals surface area contributed by atoms with E-state index in [4.69, 9.17) is 0 Å². The highest BCUT2D eigenvalue weighted by atomic mass is 16.3. The molecule has 0 aliphatic rings. The quantitative estimate of drug-likeness (QED) is 0.708. The smallest absolute Gasteiger partial charge is 0.119 e. The summed E-state index contributed by atoms with van der Waals surface area (Å²) in [6.07, 6.45) is 1.87. The predicted octanol–water partition coefficient (Wildman–Crippen LogP) is 3.47. The molecule has 0 heterocycles. The molecule has 0 unspecified atom stereocenters. The van der Waals surface area contributed by atoms with Crippen LogP contribution in [0.3, 0.4) is 0 Å². The zero-order chi connectivity index (χ0) is 10.9. The summed E-state index contributed by atoms with van der Waals surface area (Å²) >= 11 is 0. The molecule has 1 aromatic rings. The average molecular weight is 190 g/mol. The van der Waals surface area contributed by atoms with Crippen molar-refractivity contribution in [3.05, 3.63) is 41.5 Å².